The topological polar surface area (TPSA) is 46.3 Å². The SMILES string of the molecule is CN1C(=O)C[C@@H](N)[C@H]1c1ccc(Cl)c(F)c1. The first-order valence-corrected chi connectivity index (χ1v) is 5.34. The van der Waals surface area contributed by atoms with E-state index in [0.717, 1.165) is 0 Å². The molecular formula is C11H12ClFN2O. The third-order valence-corrected chi connectivity index (χ3v) is 3.22. The number of likely N-dealkylation sites (N-methyl/N-ethyl adjacent to an activating group) is 1. The Hall–Kier alpha value is -1.13. The van der Waals surface area contributed by atoms with E-state index in [1.807, 2.05) is 0 Å². The fraction of sp³-hybridized carbons (Fsp3) is 0.364. The molecule has 0 spiro atoms. The zero-order valence-corrected chi connectivity index (χ0v) is 9.54. The van der Waals surface area contributed by atoms with Crippen LogP contribution in [0.25, 0.3) is 0 Å². The summed E-state index contributed by atoms with van der Waals surface area (Å²) in [6.07, 6.45) is 0.297. The van der Waals surface area contributed by atoms with Gasteiger partial charge < -0.3 is 10.6 Å². The number of benzene rings is 1. The molecule has 2 atom stereocenters. The molecule has 0 bridgehead atoms. The van der Waals surface area contributed by atoms with E-state index in [-0.39, 0.29) is 23.0 Å². The third-order valence-electron chi connectivity index (χ3n) is 2.91. The molecule has 0 saturated carbocycles. The van der Waals surface area contributed by atoms with E-state index in [2.05, 4.69) is 0 Å². The van der Waals surface area contributed by atoms with Crippen molar-refractivity contribution in [2.45, 2.75) is 18.5 Å². The molecule has 1 heterocycles. The number of likely N-dealkylation sites (tertiary alicyclic amines) is 1. The molecule has 0 radical (unpaired) electrons. The van der Waals surface area contributed by atoms with E-state index in [9.17, 15) is 9.18 Å². The Bertz CT molecular complexity index is 438. The Morgan fingerprint density at radius 3 is 2.75 bits per heavy atom. The van der Waals surface area contributed by atoms with Crippen molar-refractivity contribution < 1.29 is 9.18 Å². The quantitative estimate of drug-likeness (QED) is 0.815. The molecule has 0 aromatic heterocycles. The molecule has 86 valence electrons. The Labute approximate surface area is 98.0 Å². The average molecular weight is 243 g/mol. The van der Waals surface area contributed by atoms with Crippen LogP contribution in [0.15, 0.2) is 18.2 Å². The minimum atomic E-state index is -0.487. The van der Waals surface area contributed by atoms with Crippen LogP contribution in [0.5, 0.6) is 0 Å². The molecule has 3 nitrogen and oxygen atoms in total. The van der Waals surface area contributed by atoms with E-state index >= 15 is 0 Å². The van der Waals surface area contributed by atoms with Crippen molar-refractivity contribution in [2.75, 3.05) is 7.05 Å². The maximum absolute atomic E-state index is 13.3. The van der Waals surface area contributed by atoms with Gasteiger partial charge in [0.2, 0.25) is 5.91 Å². The van der Waals surface area contributed by atoms with Crippen LogP contribution in [0.2, 0.25) is 5.02 Å². The van der Waals surface area contributed by atoms with Crippen molar-refractivity contribution >= 4 is 17.5 Å². The molecule has 5 heteroatoms. The molecule has 1 fully saturated rings. The lowest BCUT2D eigenvalue weighted by atomic mass is 10.0. The Balaban J connectivity index is 2.37. The van der Waals surface area contributed by atoms with E-state index in [1.54, 1.807) is 18.0 Å². The number of halogens is 2. The number of rotatable bonds is 1. The summed E-state index contributed by atoms with van der Waals surface area (Å²) in [4.78, 5) is 13.0. The van der Waals surface area contributed by atoms with E-state index < -0.39 is 5.82 Å². The summed E-state index contributed by atoms with van der Waals surface area (Å²) in [5.41, 5.74) is 6.55. The Morgan fingerprint density at radius 1 is 1.56 bits per heavy atom. The van der Waals surface area contributed by atoms with Crippen LogP contribution >= 0.6 is 11.6 Å². The first kappa shape index (κ1) is 11.4. The number of hydrogen-bond acceptors (Lipinski definition) is 2. The molecule has 1 aromatic carbocycles. The zero-order valence-electron chi connectivity index (χ0n) is 8.78. The molecule has 2 rings (SSSR count). The number of carbonyl (C=O) groups is 1. The van der Waals surface area contributed by atoms with Crippen LogP contribution in [-0.2, 0) is 4.79 Å². The van der Waals surface area contributed by atoms with Crippen molar-refractivity contribution in [2.24, 2.45) is 5.73 Å². The lowest BCUT2D eigenvalue weighted by Gasteiger charge is -2.23. The predicted octanol–water partition coefficient (Wildman–Crippen LogP) is 1.71. The van der Waals surface area contributed by atoms with Gasteiger partial charge >= 0.3 is 0 Å². The van der Waals surface area contributed by atoms with Crippen LogP contribution in [0.3, 0.4) is 0 Å². The number of amides is 1. The van der Waals surface area contributed by atoms with Crippen molar-refractivity contribution in [1.82, 2.24) is 4.90 Å². The summed E-state index contributed by atoms with van der Waals surface area (Å²) in [5.74, 6) is -0.507. The van der Waals surface area contributed by atoms with Crippen molar-refractivity contribution in [3.63, 3.8) is 0 Å². The third kappa shape index (κ3) is 1.79. The first-order valence-electron chi connectivity index (χ1n) is 4.97. The van der Waals surface area contributed by atoms with Crippen LogP contribution in [0.1, 0.15) is 18.0 Å². The van der Waals surface area contributed by atoms with Gasteiger partial charge in [-0.2, -0.15) is 0 Å². The van der Waals surface area contributed by atoms with Crippen molar-refractivity contribution in [3.8, 4) is 0 Å². The van der Waals surface area contributed by atoms with Crippen LogP contribution < -0.4 is 5.73 Å². The predicted molar refractivity (Wildman–Crippen MR) is 59.5 cm³/mol. The summed E-state index contributed by atoms with van der Waals surface area (Å²) < 4.78 is 13.3. The zero-order chi connectivity index (χ0) is 11.9. The molecule has 2 N–H and O–H groups in total. The summed E-state index contributed by atoms with van der Waals surface area (Å²) in [6, 6.07) is 3.96. The normalized spacial score (nSPS) is 25.2. The summed E-state index contributed by atoms with van der Waals surface area (Å²) in [5, 5.41) is 0.0734. The van der Waals surface area contributed by atoms with Gasteiger partial charge in [0.1, 0.15) is 5.82 Å². The summed E-state index contributed by atoms with van der Waals surface area (Å²) in [7, 11) is 1.67. The Morgan fingerprint density at radius 2 is 2.25 bits per heavy atom. The van der Waals surface area contributed by atoms with E-state index in [0.29, 0.717) is 12.0 Å². The van der Waals surface area contributed by atoms with Gasteiger partial charge in [-0.1, -0.05) is 17.7 Å². The van der Waals surface area contributed by atoms with Gasteiger partial charge in [0.25, 0.3) is 0 Å². The largest absolute Gasteiger partial charge is 0.337 e. The maximum atomic E-state index is 13.3. The van der Waals surface area contributed by atoms with Crippen LogP contribution in [0.4, 0.5) is 4.39 Å². The molecular weight excluding hydrogens is 231 g/mol. The van der Waals surface area contributed by atoms with Crippen LogP contribution in [-0.4, -0.2) is 23.9 Å². The number of carbonyl (C=O) groups excluding carboxylic acids is 1. The van der Waals surface area contributed by atoms with Gasteiger partial charge in [-0.3, -0.25) is 4.79 Å². The minimum Gasteiger partial charge on any atom is -0.337 e. The first-order chi connectivity index (χ1) is 7.50. The lowest BCUT2D eigenvalue weighted by molar-refractivity contribution is -0.127. The number of nitrogens with two attached hydrogens (primary N) is 1. The molecule has 1 aliphatic rings. The number of hydrogen-bond donors (Lipinski definition) is 1. The Kier molecular flexibility index (Phi) is 2.86. The van der Waals surface area contributed by atoms with E-state index in [1.165, 1.54) is 12.1 Å². The highest BCUT2D eigenvalue weighted by molar-refractivity contribution is 6.30. The lowest BCUT2D eigenvalue weighted by Crippen LogP contribution is -2.30. The average Bonchev–Trinajstić information content (AvgIpc) is 2.47. The molecule has 1 aliphatic heterocycles. The molecule has 0 aliphatic carbocycles. The summed E-state index contributed by atoms with van der Waals surface area (Å²) in [6.45, 7) is 0. The fourth-order valence-electron chi connectivity index (χ4n) is 2.07. The highest BCUT2D eigenvalue weighted by Gasteiger charge is 2.36. The standard InChI is InChI=1S/C11H12ClFN2O/c1-15-10(16)5-9(14)11(15)6-2-3-7(12)8(13)4-6/h2-4,9,11H,5,14H2,1H3/t9-,11-/m1/s1. The number of nitrogens with zero attached hydrogens (tertiary/aromatic N) is 1. The van der Waals surface area contributed by atoms with Crippen molar-refractivity contribution in [1.29, 1.82) is 0 Å². The second kappa shape index (κ2) is 4.03. The van der Waals surface area contributed by atoms with Gasteiger partial charge in [0, 0.05) is 19.5 Å². The minimum absolute atomic E-state index is 0.0205. The fourth-order valence-corrected chi connectivity index (χ4v) is 2.18. The molecule has 1 aromatic rings. The van der Waals surface area contributed by atoms with Crippen molar-refractivity contribution in [3.05, 3.63) is 34.6 Å². The summed E-state index contributed by atoms with van der Waals surface area (Å²) >= 11 is 5.60. The maximum Gasteiger partial charge on any atom is 0.224 e. The second-order valence-electron chi connectivity index (χ2n) is 3.99. The van der Waals surface area contributed by atoms with Gasteiger partial charge in [-0.25, -0.2) is 4.39 Å². The highest BCUT2D eigenvalue weighted by atomic mass is 35.5. The molecule has 0 unspecified atom stereocenters. The van der Waals surface area contributed by atoms with Gasteiger partial charge in [0.05, 0.1) is 11.1 Å². The molecule has 16 heavy (non-hydrogen) atoms. The highest BCUT2D eigenvalue weighted by Crippen LogP contribution is 2.31. The van der Waals surface area contributed by atoms with Gasteiger partial charge in [-0.15, -0.1) is 0 Å². The smallest absolute Gasteiger partial charge is 0.224 e. The molecule has 1 saturated heterocycles. The van der Waals surface area contributed by atoms with Gasteiger partial charge in [0.15, 0.2) is 0 Å². The molecule has 1 amide bonds. The monoisotopic (exact) mass is 242 g/mol. The van der Waals surface area contributed by atoms with Gasteiger partial charge in [-0.05, 0) is 17.7 Å². The van der Waals surface area contributed by atoms with Crippen LogP contribution in [0, 0.1) is 5.82 Å². The second-order valence-corrected chi connectivity index (χ2v) is 4.40. The van der Waals surface area contributed by atoms with E-state index in [4.69, 9.17) is 17.3 Å².